The number of nitrogens with two attached hydrogens (primary N) is 2. The number of likely N-dealkylation sites (N-methyl/N-ethyl adjacent to an activating group) is 1. The SMILES string of the molecule is CC(S)CCC(=O)NCCC(=O)N(C)CC(=O)N[C@@H](C)C(=O)N[C@H]1CSCc2cc3cc(c2)CSC[C@@H](NC(=O)[C@@H](C)NC(=O)[C@H](Cc2cccc4ccccc24)NC(=O)[C@H](CCC(=O)O)NC(=O)[C@H](CC(N)=O)NC(=O)[C@@H](C)NC1=O)C(=O)N[C@@H](CCC(=O)O)C(=O)N[C@@H](CC(=O)O)C(=O)N[C@@H](Cc1ccccc1)C(=O)N[C@@H](Cc1ccc(O)cc1)C(=O)N[C@@H](CC(=O)O)C(=O)N[C@@H](C(C)(C)C)C(=O)N[C@H](C(N)=O)CSC3. The molecule has 0 saturated carbocycles. The summed E-state index contributed by atoms with van der Waals surface area (Å²) < 4.78 is 0. The van der Waals surface area contributed by atoms with E-state index in [1.165, 1.54) is 71.1 Å². The Morgan fingerprint density at radius 2 is 0.892 bits per heavy atom. The number of aliphatic carboxylic acids is 4. The average molecular weight is 2140 g/mol. The topological polar surface area (TPSA) is 742 Å². The molecule has 25 N–H and O–H groups in total. The molecule has 0 radical (unpaired) electrons. The van der Waals surface area contributed by atoms with E-state index >= 15 is 24.0 Å². The van der Waals surface area contributed by atoms with Crippen LogP contribution in [0.25, 0.3) is 10.8 Å². The second-order valence-electron chi connectivity index (χ2n) is 36.7. The number of benzene rings is 5. The zero-order chi connectivity index (χ0) is 110. The normalized spacial score (nSPS) is 22.7. The molecule has 47 nitrogen and oxygen atoms in total. The van der Waals surface area contributed by atoms with Crippen molar-refractivity contribution in [1.29, 1.82) is 0 Å². The highest BCUT2D eigenvalue weighted by Crippen LogP contribution is 2.28. The van der Waals surface area contributed by atoms with Gasteiger partial charge < -0.3 is 127 Å². The van der Waals surface area contributed by atoms with E-state index in [0.29, 0.717) is 45.0 Å². The fourth-order valence-electron chi connectivity index (χ4n) is 15.1. The van der Waals surface area contributed by atoms with Crippen LogP contribution in [0.3, 0.4) is 0 Å². The highest BCUT2D eigenvalue weighted by molar-refractivity contribution is 7.99. The highest BCUT2D eigenvalue weighted by Gasteiger charge is 2.42. The van der Waals surface area contributed by atoms with Crippen LogP contribution in [0.5, 0.6) is 5.75 Å². The standard InChI is InChI=1S/C97H127N19O28S4/c1-49(145)21-28-74(119)100-32-31-76(121)116(8)42-75(120)101-50(2)83(131)113-71-47-147-44-56-33-55-34-57(35-56)45-148-48-72(114-85(133)52(4)102-88(136)66(38-59-19-14-18-58-17-12-13-20-61(58)59)109-86(134)62(26-29-77(122)123)104-91(139)67(39-73(98)118)106-84(132)51(3)103-94(71)142)95(143)105-63(27-30-78(124)125)87(135)110-68(40-79(126)127)92(140)108-64(36-53-15-10-9-11-16-53)89(137)107-65(37-54-22-24-60(117)25-23-54)90(138)111-69(41-80(128)129)93(141)115-81(97(5,6)7)96(144)112-70(82(99)130)46-146-43-55/h9-20,22-25,33-35,49-52,62-72,81,117,145H,21,26-32,36-48H2,1-8H3,(H2,98,118)(H2,99,130)(H,100,119)(H,101,120)(H,102,136)(H,103,142)(H,104,139)(H,105,143)(H,106,132)(H,107,137)(H,108,140)(H,109,134)(H,110,135)(H,111,138)(H,112,144)(H,113,131)(H,114,133)(H,115,141)(H,122,123)(H,124,125)(H,126,127)(H,128,129)/t49?,50-,51+,52+,62-,63-,64-,65-,66-,67-,68-,69-,70-,71-,72+,81+/m0/s1. The number of carboxylic acid groups (broad SMARTS) is 4. The molecular formula is C97H127N19O28S4. The van der Waals surface area contributed by atoms with Crippen LogP contribution in [0.4, 0.5) is 0 Å². The van der Waals surface area contributed by atoms with Crippen LogP contribution in [0.1, 0.15) is 146 Å². The molecule has 0 saturated heterocycles. The number of carboxylic acids is 4. The second-order valence-corrected chi connectivity index (χ2v) is 40.7. The summed E-state index contributed by atoms with van der Waals surface area (Å²) in [6.07, 6.45) is -7.96. The molecule has 19 amide bonds. The Bertz CT molecular complexity index is 5680. The Hall–Kier alpha value is -14.6. The fourth-order valence-corrected chi connectivity index (χ4v) is 18.2. The molecular weight excluding hydrogens is 2010 g/mol. The summed E-state index contributed by atoms with van der Waals surface area (Å²) in [7, 11) is 1.30. The Kier molecular flexibility index (Phi) is 47.7. The fraction of sp³-hybridized carbons (Fsp3) is 0.474. The van der Waals surface area contributed by atoms with Gasteiger partial charge in [-0.1, -0.05) is 131 Å². The average Bonchev–Trinajstić information content (AvgIpc) is 0.836. The van der Waals surface area contributed by atoms with Gasteiger partial charge in [-0.15, -0.1) is 0 Å². The molecule has 51 heteroatoms. The number of primary amides is 2. The number of hydrogen-bond donors (Lipinski definition) is 24. The van der Waals surface area contributed by atoms with E-state index in [-0.39, 0.29) is 64.9 Å². The lowest BCUT2D eigenvalue weighted by Gasteiger charge is -2.33. The monoisotopic (exact) mass is 2130 g/mol. The van der Waals surface area contributed by atoms with Crippen LogP contribution in [-0.4, -0.2) is 300 Å². The summed E-state index contributed by atoms with van der Waals surface area (Å²) in [5.74, 6) is -29.8. The van der Waals surface area contributed by atoms with Gasteiger partial charge in [-0.3, -0.25) is 110 Å². The molecule has 802 valence electrons. The van der Waals surface area contributed by atoms with Crippen molar-refractivity contribution < 1.29 is 136 Å². The number of aromatic hydroxyl groups is 1. The molecule has 0 aliphatic carbocycles. The number of carbonyl (C=O) groups excluding carboxylic acids is 19. The first-order valence-corrected chi connectivity index (χ1v) is 51.1. The van der Waals surface area contributed by atoms with Gasteiger partial charge >= 0.3 is 23.9 Å². The number of fused-ring (bicyclic) bond motifs is 6. The van der Waals surface area contributed by atoms with Crippen molar-refractivity contribution in [2.45, 2.75) is 245 Å². The van der Waals surface area contributed by atoms with Crippen LogP contribution in [0, 0.1) is 5.41 Å². The molecule has 7 rings (SSSR count). The number of carbonyl (C=O) groups is 23. The number of phenols is 1. The number of rotatable bonds is 30. The van der Waals surface area contributed by atoms with Gasteiger partial charge in [0.15, 0.2) is 0 Å². The van der Waals surface area contributed by atoms with Crippen molar-refractivity contribution in [2.24, 2.45) is 16.9 Å². The summed E-state index contributed by atoms with van der Waals surface area (Å²) in [6, 6.07) is 1.64. The molecule has 2 aliphatic rings. The first-order valence-electron chi connectivity index (χ1n) is 47.1. The summed E-state index contributed by atoms with van der Waals surface area (Å²) >= 11 is 7.17. The maximum atomic E-state index is 15.5. The molecule has 0 aromatic heterocycles. The minimum absolute atomic E-state index is 0.0693. The van der Waals surface area contributed by atoms with E-state index in [0.717, 1.165) is 54.0 Å². The maximum Gasteiger partial charge on any atom is 0.305 e. The van der Waals surface area contributed by atoms with Crippen LogP contribution in [0.15, 0.2) is 115 Å². The first kappa shape index (κ1) is 120. The van der Waals surface area contributed by atoms with Crippen molar-refractivity contribution in [3.63, 3.8) is 0 Å². The first-order chi connectivity index (χ1) is 69.8. The van der Waals surface area contributed by atoms with Crippen molar-refractivity contribution in [1.82, 2.24) is 90.0 Å². The van der Waals surface area contributed by atoms with E-state index in [9.17, 15) is 112 Å². The van der Waals surface area contributed by atoms with Gasteiger partial charge in [0, 0.05) is 93.1 Å². The molecule has 1 unspecified atom stereocenters. The molecule has 0 spiro atoms. The van der Waals surface area contributed by atoms with Crippen molar-refractivity contribution in [3.05, 3.63) is 149 Å². The number of thioether (sulfide) groups is 3. The summed E-state index contributed by atoms with van der Waals surface area (Å²) in [4.78, 5) is 326. The number of hydrogen-bond acceptors (Lipinski definition) is 28. The lowest BCUT2D eigenvalue weighted by molar-refractivity contribution is -0.142. The quantitative estimate of drug-likeness (QED) is 0.0211. The van der Waals surface area contributed by atoms with Crippen molar-refractivity contribution in [2.75, 3.05) is 37.4 Å². The number of phenolic OH excluding ortho intramolecular Hbond substituents is 1. The predicted octanol–water partition coefficient (Wildman–Crippen LogP) is -2.52. The van der Waals surface area contributed by atoms with Crippen molar-refractivity contribution >= 4 is 195 Å². The molecule has 148 heavy (non-hydrogen) atoms. The van der Waals surface area contributed by atoms with E-state index < -0.39 is 309 Å². The third-order valence-electron chi connectivity index (χ3n) is 23.1. The van der Waals surface area contributed by atoms with Crippen LogP contribution in [0.2, 0.25) is 0 Å². The third-order valence-corrected chi connectivity index (χ3v) is 26.7. The second kappa shape index (κ2) is 58.6. The molecule has 4 bridgehead atoms. The van der Waals surface area contributed by atoms with Gasteiger partial charge in [-0.25, -0.2) is 0 Å². The van der Waals surface area contributed by atoms with Gasteiger partial charge in [0.05, 0.1) is 25.8 Å². The summed E-state index contributed by atoms with van der Waals surface area (Å²) in [5.41, 5.74) is 12.4. The minimum atomic E-state index is -2.25. The largest absolute Gasteiger partial charge is 0.508 e. The van der Waals surface area contributed by atoms with Crippen LogP contribution in [-0.2, 0) is 147 Å². The molecule has 2 aliphatic heterocycles. The van der Waals surface area contributed by atoms with E-state index in [2.05, 4.69) is 97.7 Å². The number of amides is 19. The van der Waals surface area contributed by atoms with Gasteiger partial charge in [0.1, 0.15) is 96.4 Å². The lowest BCUT2D eigenvalue weighted by atomic mass is 9.85. The number of thiol groups is 1. The van der Waals surface area contributed by atoms with Gasteiger partial charge in [0.2, 0.25) is 112 Å². The zero-order valence-electron chi connectivity index (χ0n) is 82.5. The Labute approximate surface area is 869 Å². The van der Waals surface area contributed by atoms with Gasteiger partial charge in [0.25, 0.3) is 0 Å². The number of nitrogens with one attached hydrogen (secondary N) is 16. The van der Waals surface area contributed by atoms with Gasteiger partial charge in [-0.05, 0) is 107 Å². The Morgan fingerprint density at radius 3 is 1.41 bits per heavy atom. The van der Waals surface area contributed by atoms with E-state index in [1.807, 2.05) is 0 Å². The molecule has 0 fully saturated rings. The highest BCUT2D eigenvalue weighted by atomic mass is 32.2. The van der Waals surface area contributed by atoms with Gasteiger partial charge in [-0.2, -0.15) is 47.9 Å². The molecule has 5 aromatic carbocycles. The summed E-state index contributed by atoms with van der Waals surface area (Å²) in [6.45, 7) is 9.11. The molecule has 16 atom stereocenters. The van der Waals surface area contributed by atoms with E-state index in [4.69, 9.17) is 11.5 Å². The Morgan fingerprint density at radius 1 is 0.453 bits per heavy atom. The predicted molar refractivity (Wildman–Crippen MR) is 544 cm³/mol. The lowest BCUT2D eigenvalue weighted by Crippen LogP contribution is -2.62. The molecule has 5 aromatic rings. The van der Waals surface area contributed by atoms with Crippen molar-refractivity contribution in [3.8, 4) is 5.75 Å². The zero-order valence-corrected chi connectivity index (χ0v) is 85.8. The smallest absolute Gasteiger partial charge is 0.305 e. The van der Waals surface area contributed by atoms with E-state index in [1.54, 1.807) is 85.8 Å². The van der Waals surface area contributed by atoms with Crippen LogP contribution >= 0.6 is 47.9 Å². The summed E-state index contributed by atoms with van der Waals surface area (Å²) in [5, 5.41) is 91.6. The molecule has 2 heterocycles. The van der Waals surface area contributed by atoms with Crippen LogP contribution < -0.4 is 96.5 Å². The maximum absolute atomic E-state index is 15.5. The minimum Gasteiger partial charge on any atom is -0.508 e. The number of nitrogens with zero attached hydrogens (tertiary/aromatic N) is 1. The third kappa shape index (κ3) is 41.0. The Balaban J connectivity index is 1.40.